The van der Waals surface area contributed by atoms with Crippen molar-refractivity contribution in [2.75, 3.05) is 19.8 Å². The first-order valence-electron chi connectivity index (χ1n) is 12.0. The number of aliphatic hydroxyl groups is 1. The van der Waals surface area contributed by atoms with Crippen LogP contribution >= 0.6 is 0 Å². The van der Waals surface area contributed by atoms with Crippen LogP contribution < -0.4 is 5.32 Å². The molecule has 4 rings (SSSR count). The number of nitrogens with one attached hydrogen (secondary N) is 1. The second-order valence-corrected chi connectivity index (χ2v) is 9.37. The van der Waals surface area contributed by atoms with E-state index in [0.717, 1.165) is 17.7 Å². The van der Waals surface area contributed by atoms with E-state index in [2.05, 4.69) is 5.32 Å². The molecule has 2 aromatic rings. The van der Waals surface area contributed by atoms with Gasteiger partial charge in [-0.05, 0) is 42.2 Å². The number of β-amino-alcohol motifs (C(OH)–C–C–N with tert-alkyl or cyclic N) is 1. The lowest BCUT2D eigenvalue weighted by molar-refractivity contribution is -0.158. The fourth-order valence-corrected chi connectivity index (χ4v) is 4.79. The van der Waals surface area contributed by atoms with Crippen molar-refractivity contribution >= 4 is 5.91 Å². The summed E-state index contributed by atoms with van der Waals surface area (Å²) in [6.07, 6.45) is -4.53. The molecule has 0 radical (unpaired) electrons. The zero-order valence-corrected chi connectivity index (χ0v) is 19.7. The van der Waals surface area contributed by atoms with Gasteiger partial charge in [0.2, 0.25) is 5.91 Å². The molecule has 0 unspecified atom stereocenters. The molecular weight excluding hydrogens is 480 g/mol. The van der Waals surface area contributed by atoms with Gasteiger partial charge in [0.1, 0.15) is 5.82 Å². The molecular formula is C26H30F4N2O4. The molecule has 2 N–H and O–H groups in total. The zero-order chi connectivity index (χ0) is 25.7. The quantitative estimate of drug-likeness (QED) is 0.581. The lowest BCUT2D eigenvalue weighted by atomic mass is 9.94. The number of halogens is 4. The number of hydrogen-bond acceptors (Lipinski definition) is 5. The molecule has 0 spiro atoms. The fourth-order valence-electron chi connectivity index (χ4n) is 4.79. The van der Waals surface area contributed by atoms with Crippen molar-refractivity contribution in [3.05, 3.63) is 71.0 Å². The summed E-state index contributed by atoms with van der Waals surface area (Å²) in [4.78, 5) is 14.4. The Hall–Kier alpha value is -2.53. The highest BCUT2D eigenvalue weighted by molar-refractivity contribution is 5.76. The van der Waals surface area contributed by atoms with Crippen LogP contribution in [0, 0.1) is 5.82 Å². The van der Waals surface area contributed by atoms with Crippen LogP contribution in [-0.4, -0.2) is 60.0 Å². The van der Waals surface area contributed by atoms with Gasteiger partial charge in [-0.25, -0.2) is 4.39 Å². The van der Waals surface area contributed by atoms with Crippen molar-refractivity contribution in [2.45, 2.75) is 62.9 Å². The van der Waals surface area contributed by atoms with Crippen molar-refractivity contribution in [2.24, 2.45) is 0 Å². The number of hydrogen-bond donors (Lipinski definition) is 2. The Labute approximate surface area is 207 Å². The van der Waals surface area contributed by atoms with Gasteiger partial charge < -0.3 is 19.9 Å². The Morgan fingerprint density at radius 1 is 1.08 bits per heavy atom. The molecule has 2 heterocycles. The summed E-state index contributed by atoms with van der Waals surface area (Å²) >= 11 is 0. The standard InChI is InChI=1S/C26H30F4N2O4/c27-20-6-4-17(5-7-20)12-31-25(34)11-22-8-9-23-24(36-22)16-35-15-21(33)14-32(23)13-18-2-1-3-19(10-18)26(28,29)30/h1-7,10,21-24,33H,8-9,11-16H2,(H,31,34)/t21-,22-,23+,24-/m0/s1. The Morgan fingerprint density at radius 3 is 2.61 bits per heavy atom. The molecule has 36 heavy (non-hydrogen) atoms. The van der Waals surface area contributed by atoms with E-state index in [0.29, 0.717) is 18.4 Å². The number of benzene rings is 2. The van der Waals surface area contributed by atoms with Crippen LogP contribution in [0.25, 0.3) is 0 Å². The highest BCUT2D eigenvalue weighted by Gasteiger charge is 2.38. The maximum atomic E-state index is 13.2. The Bertz CT molecular complexity index is 1020. The number of amides is 1. The van der Waals surface area contributed by atoms with E-state index in [1.165, 1.54) is 18.2 Å². The van der Waals surface area contributed by atoms with E-state index >= 15 is 0 Å². The average Bonchev–Trinajstić information content (AvgIpc) is 2.82. The van der Waals surface area contributed by atoms with Gasteiger partial charge >= 0.3 is 6.18 Å². The lowest BCUT2D eigenvalue weighted by Gasteiger charge is -2.44. The molecule has 0 saturated carbocycles. The van der Waals surface area contributed by atoms with Crippen molar-refractivity contribution < 1.29 is 36.9 Å². The first-order valence-corrected chi connectivity index (χ1v) is 12.0. The smallest absolute Gasteiger partial charge is 0.389 e. The second kappa shape index (κ2) is 11.7. The van der Waals surface area contributed by atoms with Crippen LogP contribution in [0.3, 0.4) is 0 Å². The number of alkyl halides is 3. The second-order valence-electron chi connectivity index (χ2n) is 9.37. The van der Waals surface area contributed by atoms with Crippen LogP contribution in [0.2, 0.25) is 0 Å². The molecule has 10 heteroatoms. The van der Waals surface area contributed by atoms with Gasteiger partial charge in [0.25, 0.3) is 0 Å². The summed E-state index contributed by atoms with van der Waals surface area (Å²) in [6, 6.07) is 10.9. The van der Waals surface area contributed by atoms with E-state index < -0.39 is 17.8 Å². The van der Waals surface area contributed by atoms with E-state index in [1.807, 2.05) is 4.90 Å². The van der Waals surface area contributed by atoms with Gasteiger partial charge in [0.15, 0.2) is 0 Å². The Kier molecular flexibility index (Phi) is 8.61. The predicted molar refractivity (Wildman–Crippen MR) is 123 cm³/mol. The van der Waals surface area contributed by atoms with Crippen LogP contribution in [0.1, 0.15) is 36.0 Å². The minimum atomic E-state index is -4.43. The number of ether oxygens (including phenoxy) is 2. The number of carbonyl (C=O) groups is 1. The molecule has 2 aromatic carbocycles. The third-order valence-corrected chi connectivity index (χ3v) is 6.54. The normalized spacial score (nSPS) is 25.5. The highest BCUT2D eigenvalue weighted by atomic mass is 19.4. The first kappa shape index (κ1) is 26.5. The van der Waals surface area contributed by atoms with Gasteiger partial charge in [0, 0.05) is 25.7 Å². The maximum absolute atomic E-state index is 13.2. The van der Waals surface area contributed by atoms with Gasteiger partial charge in [-0.3, -0.25) is 9.69 Å². The fraction of sp³-hybridized carbons (Fsp3) is 0.500. The number of nitrogens with zero attached hydrogens (tertiary/aromatic N) is 1. The molecule has 2 saturated heterocycles. The molecule has 0 aromatic heterocycles. The molecule has 1 amide bonds. The largest absolute Gasteiger partial charge is 0.416 e. The van der Waals surface area contributed by atoms with Crippen molar-refractivity contribution in [1.82, 2.24) is 10.2 Å². The molecule has 2 aliphatic rings. The average molecular weight is 511 g/mol. The Morgan fingerprint density at radius 2 is 1.86 bits per heavy atom. The molecule has 4 atom stereocenters. The van der Waals surface area contributed by atoms with Crippen LogP contribution in [0.15, 0.2) is 48.5 Å². The third-order valence-electron chi connectivity index (χ3n) is 6.54. The van der Waals surface area contributed by atoms with E-state index in [9.17, 15) is 27.5 Å². The molecule has 2 fully saturated rings. The van der Waals surface area contributed by atoms with Gasteiger partial charge in [-0.1, -0.05) is 30.3 Å². The summed E-state index contributed by atoms with van der Waals surface area (Å²) in [6.45, 7) is 1.06. The predicted octanol–water partition coefficient (Wildman–Crippen LogP) is 3.66. The number of carbonyl (C=O) groups excluding carboxylic acids is 1. The van der Waals surface area contributed by atoms with Gasteiger partial charge in [0.05, 0.1) is 43.5 Å². The summed E-state index contributed by atoms with van der Waals surface area (Å²) < 4.78 is 64.4. The van der Waals surface area contributed by atoms with E-state index in [4.69, 9.17) is 9.47 Å². The summed E-state index contributed by atoms with van der Waals surface area (Å²) in [5.41, 5.74) is 0.574. The number of fused-ring (bicyclic) bond motifs is 1. The van der Waals surface area contributed by atoms with Crippen molar-refractivity contribution in [3.8, 4) is 0 Å². The van der Waals surface area contributed by atoms with Crippen LogP contribution in [0.5, 0.6) is 0 Å². The zero-order valence-electron chi connectivity index (χ0n) is 19.7. The first-order chi connectivity index (χ1) is 17.2. The minimum absolute atomic E-state index is 0.0918. The third kappa shape index (κ3) is 7.25. The summed E-state index contributed by atoms with van der Waals surface area (Å²) in [5, 5.41) is 13.1. The van der Waals surface area contributed by atoms with Crippen LogP contribution in [-0.2, 0) is 33.5 Å². The SMILES string of the molecule is O=C(C[C@@H]1CC[C@@H]2[C@H](COC[C@@H](O)CN2Cc2cccc(C(F)(F)F)c2)O1)NCc1ccc(F)cc1. The Balaban J connectivity index is 1.37. The van der Waals surface area contributed by atoms with E-state index in [1.54, 1.807) is 18.2 Å². The summed E-state index contributed by atoms with van der Waals surface area (Å²) in [7, 11) is 0. The molecule has 0 bridgehead atoms. The van der Waals surface area contributed by atoms with Crippen LogP contribution in [0.4, 0.5) is 17.6 Å². The molecule has 2 aliphatic heterocycles. The molecule has 6 nitrogen and oxygen atoms in total. The highest BCUT2D eigenvalue weighted by Crippen LogP contribution is 2.32. The van der Waals surface area contributed by atoms with E-state index in [-0.39, 0.29) is 69.2 Å². The topological polar surface area (TPSA) is 71.0 Å². The van der Waals surface area contributed by atoms with Crippen molar-refractivity contribution in [3.63, 3.8) is 0 Å². The number of aliphatic hydroxyl groups excluding tert-OH is 1. The van der Waals surface area contributed by atoms with Gasteiger partial charge in [-0.15, -0.1) is 0 Å². The maximum Gasteiger partial charge on any atom is 0.416 e. The monoisotopic (exact) mass is 510 g/mol. The lowest BCUT2D eigenvalue weighted by Crippen LogP contribution is -2.55. The minimum Gasteiger partial charge on any atom is -0.389 e. The van der Waals surface area contributed by atoms with Gasteiger partial charge in [-0.2, -0.15) is 13.2 Å². The van der Waals surface area contributed by atoms with Crippen molar-refractivity contribution in [1.29, 1.82) is 0 Å². The molecule has 0 aliphatic carbocycles. The summed E-state index contributed by atoms with van der Waals surface area (Å²) in [5.74, 6) is -0.531. The molecule has 196 valence electrons. The number of rotatable bonds is 6.